The number of carbonyl (C=O) groups is 1. The molecule has 2 aromatic rings. The van der Waals surface area contributed by atoms with E-state index < -0.39 is 9.84 Å². The first-order chi connectivity index (χ1) is 12.2. The number of nitrogens with zero attached hydrogens (tertiary/aromatic N) is 1. The minimum absolute atomic E-state index is 0.116. The van der Waals surface area contributed by atoms with Gasteiger partial charge in [0.25, 0.3) is 0 Å². The quantitative estimate of drug-likeness (QED) is 0.781. The number of thiazole rings is 1. The van der Waals surface area contributed by atoms with Crippen LogP contribution in [0, 0.1) is 12.8 Å². The van der Waals surface area contributed by atoms with Crippen molar-refractivity contribution in [3.8, 4) is 10.4 Å². The molecule has 0 atom stereocenters. The number of carbonyl (C=O) groups excluding carboxylic acids is 1. The van der Waals surface area contributed by atoms with Crippen LogP contribution in [0.25, 0.3) is 10.4 Å². The summed E-state index contributed by atoms with van der Waals surface area (Å²) in [6.07, 6.45) is 2.60. The highest BCUT2D eigenvalue weighted by atomic mass is 32.2. The SMILES string of the molecule is CC(=O)Nc1nc(C)c(-c2csc(S(=O)(=O)CC3CCC(O)CC3)c2)s1. The van der Waals surface area contributed by atoms with Gasteiger partial charge >= 0.3 is 0 Å². The summed E-state index contributed by atoms with van der Waals surface area (Å²) in [5, 5.41) is 14.6. The first kappa shape index (κ1) is 19.5. The lowest BCUT2D eigenvalue weighted by molar-refractivity contribution is -0.114. The van der Waals surface area contributed by atoms with Crippen LogP contribution in [-0.4, -0.2) is 36.3 Å². The van der Waals surface area contributed by atoms with Crippen LogP contribution in [0.4, 0.5) is 5.13 Å². The van der Waals surface area contributed by atoms with Crippen LogP contribution in [0.5, 0.6) is 0 Å². The van der Waals surface area contributed by atoms with Gasteiger partial charge in [0, 0.05) is 17.9 Å². The molecule has 6 nitrogen and oxygen atoms in total. The lowest BCUT2D eigenvalue weighted by Gasteiger charge is -2.24. The third-order valence-electron chi connectivity index (χ3n) is 4.50. The second-order valence-corrected chi connectivity index (χ2v) is 10.9. The molecule has 2 heterocycles. The zero-order valence-corrected chi connectivity index (χ0v) is 17.1. The molecule has 1 aliphatic carbocycles. The highest BCUT2D eigenvalue weighted by Gasteiger charge is 2.27. The van der Waals surface area contributed by atoms with Gasteiger partial charge in [0.15, 0.2) is 15.0 Å². The Hall–Kier alpha value is -1.29. The number of nitrogens with one attached hydrogen (secondary N) is 1. The lowest BCUT2D eigenvalue weighted by atomic mass is 9.89. The zero-order chi connectivity index (χ0) is 18.9. The van der Waals surface area contributed by atoms with Gasteiger partial charge in [0.1, 0.15) is 4.21 Å². The molecule has 2 aromatic heterocycles. The van der Waals surface area contributed by atoms with Gasteiger partial charge in [0.2, 0.25) is 5.91 Å². The van der Waals surface area contributed by atoms with Crippen molar-refractivity contribution in [2.75, 3.05) is 11.1 Å². The molecule has 0 unspecified atom stereocenters. The number of sulfone groups is 1. The molecule has 3 rings (SSSR count). The van der Waals surface area contributed by atoms with Gasteiger partial charge in [-0.2, -0.15) is 0 Å². The molecule has 1 aliphatic rings. The van der Waals surface area contributed by atoms with E-state index in [0.717, 1.165) is 29.0 Å². The number of aliphatic hydroxyl groups is 1. The minimum Gasteiger partial charge on any atom is -0.393 e. The Morgan fingerprint density at radius 2 is 2.04 bits per heavy atom. The Kier molecular flexibility index (Phi) is 5.81. The maximum absolute atomic E-state index is 12.7. The Morgan fingerprint density at radius 1 is 1.35 bits per heavy atom. The number of anilines is 1. The van der Waals surface area contributed by atoms with Crippen LogP contribution >= 0.6 is 22.7 Å². The predicted molar refractivity (Wildman–Crippen MR) is 104 cm³/mol. The Morgan fingerprint density at radius 3 is 2.69 bits per heavy atom. The fraction of sp³-hybridized carbons (Fsp3) is 0.529. The number of aromatic nitrogens is 1. The standard InChI is InChI=1S/C17H22N2O4S3/c1-10-16(25-17(18-10)19-11(2)20)13-7-15(24-8-13)26(22,23)9-12-3-5-14(21)6-4-12/h7-8,12,14,21H,3-6,9H2,1-2H3,(H,18,19,20). The van der Waals surface area contributed by atoms with Crippen LogP contribution in [0.15, 0.2) is 15.7 Å². The van der Waals surface area contributed by atoms with E-state index in [1.165, 1.54) is 29.6 Å². The van der Waals surface area contributed by atoms with Crippen LogP contribution in [-0.2, 0) is 14.6 Å². The van der Waals surface area contributed by atoms with E-state index in [4.69, 9.17) is 0 Å². The fourth-order valence-corrected chi connectivity index (χ4v) is 7.23. The summed E-state index contributed by atoms with van der Waals surface area (Å²) >= 11 is 2.57. The molecule has 1 fully saturated rings. The molecule has 0 spiro atoms. The molecule has 0 aliphatic heterocycles. The first-order valence-corrected chi connectivity index (χ1v) is 11.8. The number of thiophene rings is 1. The van der Waals surface area contributed by atoms with Gasteiger partial charge in [-0.15, -0.1) is 11.3 Å². The third-order valence-corrected chi connectivity index (χ3v) is 9.03. The van der Waals surface area contributed by atoms with E-state index in [1.807, 2.05) is 12.3 Å². The van der Waals surface area contributed by atoms with Crippen molar-refractivity contribution in [1.29, 1.82) is 0 Å². The maximum atomic E-state index is 12.7. The summed E-state index contributed by atoms with van der Waals surface area (Å²) in [4.78, 5) is 16.4. The lowest BCUT2D eigenvalue weighted by Crippen LogP contribution is -2.24. The molecule has 0 aromatic carbocycles. The Labute approximate surface area is 161 Å². The highest BCUT2D eigenvalue weighted by Crippen LogP contribution is 2.37. The number of aryl methyl sites for hydroxylation is 1. The number of rotatable bonds is 5. The summed E-state index contributed by atoms with van der Waals surface area (Å²) in [6, 6.07) is 1.70. The molecule has 0 saturated heterocycles. The molecule has 0 radical (unpaired) electrons. The second kappa shape index (κ2) is 7.75. The summed E-state index contributed by atoms with van der Waals surface area (Å²) in [5.74, 6) is 0.0697. The number of hydrogen-bond donors (Lipinski definition) is 2. The van der Waals surface area contributed by atoms with Crippen molar-refractivity contribution in [3.05, 3.63) is 17.1 Å². The molecule has 2 N–H and O–H groups in total. The maximum Gasteiger partial charge on any atom is 0.223 e. The summed E-state index contributed by atoms with van der Waals surface area (Å²) in [7, 11) is -3.34. The van der Waals surface area contributed by atoms with E-state index >= 15 is 0 Å². The van der Waals surface area contributed by atoms with Crippen LogP contribution in [0.1, 0.15) is 38.3 Å². The Bertz CT molecular complexity index is 893. The molecule has 26 heavy (non-hydrogen) atoms. The molecule has 1 saturated carbocycles. The average Bonchev–Trinajstić information content (AvgIpc) is 3.16. The van der Waals surface area contributed by atoms with Gasteiger partial charge < -0.3 is 10.4 Å². The van der Waals surface area contributed by atoms with Crippen molar-refractivity contribution >= 4 is 43.5 Å². The van der Waals surface area contributed by atoms with Crippen molar-refractivity contribution in [3.63, 3.8) is 0 Å². The predicted octanol–water partition coefficient (Wildman–Crippen LogP) is 3.46. The largest absolute Gasteiger partial charge is 0.393 e. The summed E-state index contributed by atoms with van der Waals surface area (Å²) in [5.41, 5.74) is 1.58. The van der Waals surface area contributed by atoms with E-state index in [9.17, 15) is 18.3 Å². The molecule has 142 valence electrons. The number of amides is 1. The molecular weight excluding hydrogens is 392 g/mol. The van der Waals surface area contributed by atoms with Crippen molar-refractivity contribution < 1.29 is 18.3 Å². The van der Waals surface area contributed by atoms with Gasteiger partial charge in [-0.3, -0.25) is 4.79 Å². The van der Waals surface area contributed by atoms with Gasteiger partial charge in [-0.25, -0.2) is 13.4 Å². The minimum atomic E-state index is -3.34. The Balaban J connectivity index is 1.76. The molecular formula is C17H22N2O4S3. The summed E-state index contributed by atoms with van der Waals surface area (Å²) in [6.45, 7) is 3.27. The van der Waals surface area contributed by atoms with Crippen molar-refractivity contribution in [2.45, 2.75) is 49.8 Å². The normalized spacial score (nSPS) is 20.9. The number of hydrogen-bond acceptors (Lipinski definition) is 7. The van der Waals surface area contributed by atoms with E-state index in [1.54, 1.807) is 6.07 Å². The van der Waals surface area contributed by atoms with Crippen molar-refractivity contribution in [2.24, 2.45) is 5.92 Å². The number of aliphatic hydroxyl groups excluding tert-OH is 1. The van der Waals surface area contributed by atoms with E-state index in [2.05, 4.69) is 10.3 Å². The van der Waals surface area contributed by atoms with Gasteiger partial charge in [-0.05, 0) is 44.6 Å². The summed E-state index contributed by atoms with van der Waals surface area (Å²) < 4.78 is 25.8. The van der Waals surface area contributed by atoms with Gasteiger partial charge in [0.05, 0.1) is 22.4 Å². The van der Waals surface area contributed by atoms with Crippen LogP contribution in [0.2, 0.25) is 0 Å². The topological polar surface area (TPSA) is 96.4 Å². The van der Waals surface area contributed by atoms with Crippen LogP contribution in [0.3, 0.4) is 0 Å². The fourth-order valence-electron chi connectivity index (χ4n) is 3.17. The molecule has 9 heteroatoms. The monoisotopic (exact) mass is 414 g/mol. The molecule has 1 amide bonds. The smallest absolute Gasteiger partial charge is 0.223 e. The van der Waals surface area contributed by atoms with Gasteiger partial charge in [-0.1, -0.05) is 11.3 Å². The molecule has 0 bridgehead atoms. The van der Waals surface area contributed by atoms with E-state index in [-0.39, 0.29) is 23.7 Å². The average molecular weight is 415 g/mol. The first-order valence-electron chi connectivity index (χ1n) is 8.49. The van der Waals surface area contributed by atoms with E-state index in [0.29, 0.717) is 22.2 Å². The zero-order valence-electron chi connectivity index (χ0n) is 14.7. The third kappa shape index (κ3) is 4.51. The van der Waals surface area contributed by atoms with Crippen molar-refractivity contribution in [1.82, 2.24) is 4.98 Å². The second-order valence-electron chi connectivity index (χ2n) is 6.73. The highest BCUT2D eigenvalue weighted by molar-refractivity contribution is 7.93. The van der Waals surface area contributed by atoms with Crippen LogP contribution < -0.4 is 5.32 Å².